The SMILES string of the molecule is CCNc1ncc(F)c(NCc2ccccc2F)n1. The molecular formula is C13H14F2N4. The Morgan fingerprint density at radius 1 is 1.11 bits per heavy atom. The van der Waals surface area contributed by atoms with E-state index >= 15 is 0 Å². The molecule has 0 saturated carbocycles. The summed E-state index contributed by atoms with van der Waals surface area (Å²) in [5, 5.41) is 5.64. The summed E-state index contributed by atoms with van der Waals surface area (Å²) in [5.74, 6) is -0.525. The van der Waals surface area contributed by atoms with Gasteiger partial charge in [-0.2, -0.15) is 4.98 Å². The third-order valence-corrected chi connectivity index (χ3v) is 2.48. The maximum Gasteiger partial charge on any atom is 0.224 e. The lowest BCUT2D eigenvalue weighted by atomic mass is 10.2. The number of hydrogen-bond acceptors (Lipinski definition) is 4. The zero-order chi connectivity index (χ0) is 13.7. The Morgan fingerprint density at radius 2 is 1.89 bits per heavy atom. The number of aromatic nitrogens is 2. The number of anilines is 2. The molecule has 0 aliphatic rings. The van der Waals surface area contributed by atoms with Crippen LogP contribution in [0.5, 0.6) is 0 Å². The fourth-order valence-corrected chi connectivity index (χ4v) is 1.56. The average molecular weight is 264 g/mol. The summed E-state index contributed by atoms with van der Waals surface area (Å²) < 4.78 is 26.9. The Morgan fingerprint density at radius 3 is 2.63 bits per heavy atom. The van der Waals surface area contributed by atoms with Crippen molar-refractivity contribution >= 4 is 11.8 Å². The molecule has 2 aromatic rings. The van der Waals surface area contributed by atoms with E-state index in [-0.39, 0.29) is 18.2 Å². The molecule has 19 heavy (non-hydrogen) atoms. The first-order chi connectivity index (χ1) is 9.20. The van der Waals surface area contributed by atoms with E-state index in [2.05, 4.69) is 20.6 Å². The Bertz CT molecular complexity index is 560. The van der Waals surface area contributed by atoms with Crippen molar-refractivity contribution in [1.29, 1.82) is 0 Å². The van der Waals surface area contributed by atoms with Gasteiger partial charge in [0.05, 0.1) is 6.20 Å². The van der Waals surface area contributed by atoms with Crippen molar-refractivity contribution in [3.63, 3.8) is 0 Å². The lowest BCUT2D eigenvalue weighted by molar-refractivity contribution is 0.607. The summed E-state index contributed by atoms with van der Waals surface area (Å²) >= 11 is 0. The Kier molecular flexibility index (Phi) is 4.22. The molecule has 1 heterocycles. The Balaban J connectivity index is 2.10. The summed E-state index contributed by atoms with van der Waals surface area (Å²) in [6, 6.07) is 6.32. The molecule has 1 aromatic heterocycles. The molecule has 0 radical (unpaired) electrons. The zero-order valence-corrected chi connectivity index (χ0v) is 10.5. The first-order valence-electron chi connectivity index (χ1n) is 5.94. The molecule has 100 valence electrons. The topological polar surface area (TPSA) is 49.8 Å². The number of hydrogen-bond donors (Lipinski definition) is 2. The highest BCUT2D eigenvalue weighted by atomic mass is 19.1. The van der Waals surface area contributed by atoms with Gasteiger partial charge in [-0.3, -0.25) is 0 Å². The lowest BCUT2D eigenvalue weighted by Gasteiger charge is -2.09. The largest absolute Gasteiger partial charge is 0.363 e. The van der Waals surface area contributed by atoms with Crippen LogP contribution in [0.3, 0.4) is 0 Å². The molecule has 0 fully saturated rings. The number of benzene rings is 1. The molecular weight excluding hydrogens is 250 g/mol. The quantitative estimate of drug-likeness (QED) is 0.872. The normalized spacial score (nSPS) is 10.3. The van der Waals surface area contributed by atoms with Crippen LogP contribution in [-0.2, 0) is 6.54 Å². The first-order valence-corrected chi connectivity index (χ1v) is 5.94. The predicted molar refractivity (Wildman–Crippen MR) is 69.9 cm³/mol. The molecule has 0 atom stereocenters. The highest BCUT2D eigenvalue weighted by Gasteiger charge is 2.07. The third-order valence-electron chi connectivity index (χ3n) is 2.48. The summed E-state index contributed by atoms with van der Waals surface area (Å²) in [6.45, 7) is 2.68. The van der Waals surface area contributed by atoms with Crippen molar-refractivity contribution < 1.29 is 8.78 Å². The van der Waals surface area contributed by atoms with Gasteiger partial charge in [0.1, 0.15) is 5.82 Å². The van der Waals surface area contributed by atoms with Crippen molar-refractivity contribution in [2.45, 2.75) is 13.5 Å². The summed E-state index contributed by atoms with van der Waals surface area (Å²) in [5.41, 5.74) is 0.450. The van der Waals surface area contributed by atoms with Crippen LogP contribution >= 0.6 is 0 Å². The first kappa shape index (κ1) is 13.2. The fourth-order valence-electron chi connectivity index (χ4n) is 1.56. The minimum atomic E-state index is -0.571. The molecule has 0 aliphatic heterocycles. The van der Waals surface area contributed by atoms with Crippen molar-refractivity contribution in [2.24, 2.45) is 0 Å². The van der Waals surface area contributed by atoms with Crippen molar-refractivity contribution in [2.75, 3.05) is 17.2 Å². The molecule has 0 spiro atoms. The summed E-state index contributed by atoms with van der Waals surface area (Å²) in [7, 11) is 0. The summed E-state index contributed by atoms with van der Waals surface area (Å²) in [4.78, 5) is 7.77. The van der Waals surface area contributed by atoms with E-state index in [0.29, 0.717) is 18.1 Å². The van der Waals surface area contributed by atoms with Crippen LogP contribution in [0.2, 0.25) is 0 Å². The maximum atomic E-state index is 13.5. The van der Waals surface area contributed by atoms with Crippen LogP contribution in [0.15, 0.2) is 30.5 Å². The van der Waals surface area contributed by atoms with Gasteiger partial charge in [-0.25, -0.2) is 13.8 Å². The molecule has 0 aliphatic carbocycles. The number of nitrogens with one attached hydrogen (secondary N) is 2. The smallest absolute Gasteiger partial charge is 0.224 e. The van der Waals surface area contributed by atoms with Crippen LogP contribution in [-0.4, -0.2) is 16.5 Å². The molecule has 4 nitrogen and oxygen atoms in total. The Labute approximate surface area is 109 Å². The van der Waals surface area contributed by atoms with Gasteiger partial charge in [-0.1, -0.05) is 18.2 Å². The van der Waals surface area contributed by atoms with E-state index in [4.69, 9.17) is 0 Å². The molecule has 6 heteroatoms. The Hall–Kier alpha value is -2.24. The van der Waals surface area contributed by atoms with Gasteiger partial charge in [0.25, 0.3) is 0 Å². The van der Waals surface area contributed by atoms with Gasteiger partial charge in [0, 0.05) is 18.7 Å². The third kappa shape index (κ3) is 3.37. The van der Waals surface area contributed by atoms with E-state index in [9.17, 15) is 8.78 Å². The number of rotatable bonds is 5. The van der Waals surface area contributed by atoms with E-state index in [1.54, 1.807) is 18.2 Å². The van der Waals surface area contributed by atoms with E-state index in [0.717, 1.165) is 6.20 Å². The van der Waals surface area contributed by atoms with E-state index in [1.807, 2.05) is 6.92 Å². The van der Waals surface area contributed by atoms with Crippen LogP contribution < -0.4 is 10.6 Å². The molecule has 0 amide bonds. The molecule has 2 rings (SSSR count). The second-order valence-electron chi connectivity index (χ2n) is 3.87. The van der Waals surface area contributed by atoms with Gasteiger partial charge in [0.2, 0.25) is 5.95 Å². The van der Waals surface area contributed by atoms with Gasteiger partial charge in [-0.15, -0.1) is 0 Å². The van der Waals surface area contributed by atoms with Crippen molar-refractivity contribution in [1.82, 2.24) is 9.97 Å². The minimum Gasteiger partial charge on any atom is -0.363 e. The van der Waals surface area contributed by atoms with Gasteiger partial charge >= 0.3 is 0 Å². The minimum absolute atomic E-state index is 0.0502. The number of nitrogens with zero attached hydrogens (tertiary/aromatic N) is 2. The van der Waals surface area contributed by atoms with Crippen molar-refractivity contribution in [3.8, 4) is 0 Å². The second kappa shape index (κ2) is 6.08. The van der Waals surface area contributed by atoms with Crippen LogP contribution in [0.4, 0.5) is 20.5 Å². The second-order valence-corrected chi connectivity index (χ2v) is 3.87. The fraction of sp³-hybridized carbons (Fsp3) is 0.231. The standard InChI is InChI=1S/C13H14F2N4/c1-2-16-13-18-8-11(15)12(19-13)17-7-9-5-3-4-6-10(9)14/h3-6,8H,2,7H2,1H3,(H2,16,17,18,19). The van der Waals surface area contributed by atoms with Crippen LogP contribution in [0.25, 0.3) is 0 Å². The predicted octanol–water partition coefficient (Wildman–Crippen LogP) is 2.80. The van der Waals surface area contributed by atoms with Crippen molar-refractivity contribution in [3.05, 3.63) is 47.7 Å². The number of halogens is 2. The lowest BCUT2D eigenvalue weighted by Crippen LogP contribution is -2.09. The average Bonchev–Trinajstić information content (AvgIpc) is 2.41. The molecule has 0 saturated heterocycles. The highest BCUT2D eigenvalue weighted by Crippen LogP contribution is 2.14. The zero-order valence-electron chi connectivity index (χ0n) is 10.5. The molecule has 1 aromatic carbocycles. The summed E-state index contributed by atoms with van der Waals surface area (Å²) in [6.07, 6.45) is 1.08. The van der Waals surface area contributed by atoms with Gasteiger partial charge in [-0.05, 0) is 13.0 Å². The van der Waals surface area contributed by atoms with E-state index in [1.165, 1.54) is 6.07 Å². The van der Waals surface area contributed by atoms with Gasteiger partial charge < -0.3 is 10.6 Å². The van der Waals surface area contributed by atoms with Crippen LogP contribution in [0, 0.1) is 11.6 Å². The molecule has 2 N–H and O–H groups in total. The highest BCUT2D eigenvalue weighted by molar-refractivity contribution is 5.41. The monoisotopic (exact) mass is 264 g/mol. The van der Waals surface area contributed by atoms with Crippen LogP contribution in [0.1, 0.15) is 12.5 Å². The molecule has 0 unspecified atom stereocenters. The maximum absolute atomic E-state index is 13.5. The van der Waals surface area contributed by atoms with E-state index < -0.39 is 5.82 Å². The van der Waals surface area contributed by atoms with Gasteiger partial charge in [0.15, 0.2) is 11.6 Å². The molecule has 0 bridgehead atoms.